The van der Waals surface area contributed by atoms with Crippen molar-refractivity contribution in [1.29, 1.82) is 0 Å². The first-order valence-corrected chi connectivity index (χ1v) is 14.3. The summed E-state index contributed by atoms with van der Waals surface area (Å²) in [4.78, 5) is 0. The first-order chi connectivity index (χ1) is 20.3. The molecule has 1 heteroatoms. The van der Waals surface area contributed by atoms with E-state index in [9.17, 15) is 0 Å². The summed E-state index contributed by atoms with van der Waals surface area (Å²) in [6, 6.07) is 64.3. The molecule has 0 radical (unpaired) electrons. The lowest BCUT2D eigenvalue weighted by Gasteiger charge is -2.46. The van der Waals surface area contributed by atoms with Crippen molar-refractivity contribution in [2.24, 2.45) is 0 Å². The van der Waals surface area contributed by atoms with E-state index in [1.807, 2.05) is 0 Å². The summed E-state index contributed by atoms with van der Waals surface area (Å²) in [5, 5.41) is 0. The lowest BCUT2D eigenvalue weighted by atomic mass is 9.76. The minimum Gasteiger partial charge on any atom is -0.349 e. The van der Waals surface area contributed by atoms with Crippen LogP contribution in [0.15, 0.2) is 182 Å². The summed E-state index contributed by atoms with van der Waals surface area (Å²) in [5.74, 6) is 0. The number of rotatable bonds is 10. The van der Waals surface area contributed by atoms with E-state index < -0.39 is 11.2 Å². The fourth-order valence-electron chi connectivity index (χ4n) is 5.94. The molecule has 200 valence electrons. The Kier molecular flexibility index (Phi) is 7.89. The van der Waals surface area contributed by atoms with E-state index >= 15 is 0 Å². The zero-order valence-corrected chi connectivity index (χ0v) is 23.1. The van der Waals surface area contributed by atoms with E-state index in [2.05, 4.69) is 182 Å². The Bertz CT molecular complexity index is 1410. The van der Waals surface area contributed by atoms with Crippen molar-refractivity contribution in [3.05, 3.63) is 215 Å². The molecule has 6 aromatic rings. The van der Waals surface area contributed by atoms with Gasteiger partial charge in [0.25, 0.3) is 0 Å². The van der Waals surface area contributed by atoms with E-state index in [4.69, 9.17) is 4.74 Å². The van der Waals surface area contributed by atoms with Crippen molar-refractivity contribution in [3.63, 3.8) is 0 Å². The van der Waals surface area contributed by atoms with Crippen molar-refractivity contribution >= 4 is 0 Å². The Labute approximate surface area is 243 Å². The second-order valence-corrected chi connectivity index (χ2v) is 10.5. The summed E-state index contributed by atoms with van der Waals surface area (Å²) in [6.07, 6.45) is 1.36. The SMILES string of the molecule is c1ccc(CC(OC(Cc2ccccc2)(c2ccccc2)c2ccccc2)(c2ccccc2)c2ccccc2)cc1. The monoisotopic (exact) mass is 530 g/mol. The fourth-order valence-corrected chi connectivity index (χ4v) is 5.94. The van der Waals surface area contributed by atoms with Gasteiger partial charge in [0.2, 0.25) is 0 Å². The van der Waals surface area contributed by atoms with E-state index in [1.165, 1.54) is 11.1 Å². The molecule has 0 fully saturated rings. The van der Waals surface area contributed by atoms with Crippen molar-refractivity contribution in [2.75, 3.05) is 0 Å². The third-order valence-corrected chi connectivity index (χ3v) is 7.90. The molecule has 0 heterocycles. The van der Waals surface area contributed by atoms with Crippen LogP contribution in [0, 0.1) is 0 Å². The lowest BCUT2D eigenvalue weighted by molar-refractivity contribution is -0.126. The maximum atomic E-state index is 7.98. The summed E-state index contributed by atoms with van der Waals surface area (Å²) < 4.78 is 7.98. The molecular weight excluding hydrogens is 496 g/mol. The molecule has 0 aliphatic heterocycles. The van der Waals surface area contributed by atoms with Gasteiger partial charge in [-0.2, -0.15) is 0 Å². The number of ether oxygens (including phenoxy) is 1. The third kappa shape index (κ3) is 5.63. The minimum absolute atomic E-state index is 0.679. The van der Waals surface area contributed by atoms with Crippen molar-refractivity contribution < 1.29 is 4.74 Å². The molecule has 0 aliphatic rings. The Morgan fingerprint density at radius 1 is 0.293 bits per heavy atom. The highest BCUT2D eigenvalue weighted by molar-refractivity contribution is 5.44. The van der Waals surface area contributed by atoms with E-state index in [1.54, 1.807) is 0 Å². The third-order valence-electron chi connectivity index (χ3n) is 7.90. The van der Waals surface area contributed by atoms with Crippen molar-refractivity contribution in [1.82, 2.24) is 0 Å². The van der Waals surface area contributed by atoms with Crippen LogP contribution in [-0.2, 0) is 28.8 Å². The van der Waals surface area contributed by atoms with Crippen LogP contribution in [0.25, 0.3) is 0 Å². The molecule has 6 aromatic carbocycles. The normalized spacial score (nSPS) is 11.7. The number of benzene rings is 6. The minimum atomic E-state index is -0.787. The average Bonchev–Trinajstić information content (AvgIpc) is 3.06. The van der Waals surface area contributed by atoms with Gasteiger partial charge in [0.1, 0.15) is 11.2 Å². The van der Waals surface area contributed by atoms with Crippen LogP contribution in [-0.4, -0.2) is 0 Å². The van der Waals surface area contributed by atoms with Gasteiger partial charge in [-0.15, -0.1) is 0 Å². The molecule has 6 rings (SSSR count). The predicted molar refractivity (Wildman–Crippen MR) is 169 cm³/mol. The Hall–Kier alpha value is -4.72. The maximum absolute atomic E-state index is 7.98. The summed E-state index contributed by atoms with van der Waals surface area (Å²) in [6.45, 7) is 0. The topological polar surface area (TPSA) is 9.23 Å². The average molecular weight is 531 g/mol. The molecule has 0 bridgehead atoms. The molecule has 0 spiro atoms. The van der Waals surface area contributed by atoms with Crippen molar-refractivity contribution in [2.45, 2.75) is 24.0 Å². The number of hydrogen-bond acceptors (Lipinski definition) is 1. The predicted octanol–water partition coefficient (Wildman–Crippen LogP) is 9.38. The first kappa shape index (κ1) is 26.5. The van der Waals surface area contributed by atoms with Crippen LogP contribution in [0.4, 0.5) is 0 Å². The summed E-state index contributed by atoms with van der Waals surface area (Å²) in [5.41, 5.74) is 5.36. The van der Waals surface area contributed by atoms with Crippen LogP contribution in [0.3, 0.4) is 0 Å². The van der Waals surface area contributed by atoms with Gasteiger partial charge >= 0.3 is 0 Å². The van der Waals surface area contributed by atoms with E-state index in [0.29, 0.717) is 12.8 Å². The van der Waals surface area contributed by atoms with Gasteiger partial charge in [-0.25, -0.2) is 0 Å². The van der Waals surface area contributed by atoms with E-state index in [0.717, 1.165) is 22.3 Å². The van der Waals surface area contributed by atoms with Gasteiger partial charge in [0.15, 0.2) is 0 Å². The standard InChI is InChI=1S/C40H34O/c1-7-19-33(20-8-1)31-39(35-23-11-3-12-24-35,36-25-13-4-14-26-36)41-40(37-27-15-5-16-28-37,38-29-17-6-18-30-38)32-34-21-9-2-10-22-34/h1-30H,31-32H2. The second kappa shape index (κ2) is 12.2. The highest BCUT2D eigenvalue weighted by Gasteiger charge is 2.46. The first-order valence-electron chi connectivity index (χ1n) is 14.3. The van der Waals surface area contributed by atoms with Gasteiger partial charge in [-0.3, -0.25) is 0 Å². The van der Waals surface area contributed by atoms with E-state index in [-0.39, 0.29) is 0 Å². The zero-order chi connectivity index (χ0) is 27.8. The fraction of sp³-hybridized carbons (Fsp3) is 0.100. The molecular formula is C40H34O. The summed E-state index contributed by atoms with van der Waals surface area (Å²) >= 11 is 0. The quantitative estimate of drug-likeness (QED) is 0.171. The highest BCUT2D eigenvalue weighted by Crippen LogP contribution is 2.48. The van der Waals surface area contributed by atoms with Crippen LogP contribution in [0.1, 0.15) is 33.4 Å². The summed E-state index contributed by atoms with van der Waals surface area (Å²) in [7, 11) is 0. The molecule has 0 aromatic heterocycles. The molecule has 0 unspecified atom stereocenters. The van der Waals surface area contributed by atoms with Crippen LogP contribution < -0.4 is 0 Å². The maximum Gasteiger partial charge on any atom is 0.124 e. The molecule has 0 N–H and O–H groups in total. The zero-order valence-electron chi connectivity index (χ0n) is 23.1. The van der Waals surface area contributed by atoms with Gasteiger partial charge in [0.05, 0.1) is 0 Å². The molecule has 0 atom stereocenters. The molecule has 0 saturated carbocycles. The largest absolute Gasteiger partial charge is 0.349 e. The van der Waals surface area contributed by atoms with Gasteiger partial charge in [-0.1, -0.05) is 182 Å². The Balaban J connectivity index is 1.66. The van der Waals surface area contributed by atoms with Gasteiger partial charge in [-0.05, 0) is 33.4 Å². The number of hydrogen-bond donors (Lipinski definition) is 0. The Morgan fingerprint density at radius 2 is 0.512 bits per heavy atom. The molecule has 41 heavy (non-hydrogen) atoms. The van der Waals surface area contributed by atoms with Gasteiger partial charge < -0.3 is 4.74 Å². The second-order valence-electron chi connectivity index (χ2n) is 10.5. The van der Waals surface area contributed by atoms with Crippen LogP contribution >= 0.6 is 0 Å². The lowest BCUT2D eigenvalue weighted by Crippen LogP contribution is -2.45. The van der Waals surface area contributed by atoms with Crippen LogP contribution in [0.2, 0.25) is 0 Å². The Morgan fingerprint density at radius 3 is 0.756 bits per heavy atom. The van der Waals surface area contributed by atoms with Gasteiger partial charge in [0, 0.05) is 12.8 Å². The van der Waals surface area contributed by atoms with Crippen LogP contribution in [0.5, 0.6) is 0 Å². The molecule has 0 amide bonds. The molecule has 0 aliphatic carbocycles. The smallest absolute Gasteiger partial charge is 0.124 e. The molecule has 0 saturated heterocycles. The molecule has 1 nitrogen and oxygen atoms in total. The highest BCUT2D eigenvalue weighted by atomic mass is 16.5. The van der Waals surface area contributed by atoms with Crippen molar-refractivity contribution in [3.8, 4) is 0 Å².